The van der Waals surface area contributed by atoms with Gasteiger partial charge < -0.3 is 19.1 Å². The van der Waals surface area contributed by atoms with Crippen molar-refractivity contribution in [2.45, 2.75) is 39.7 Å². The second-order valence-corrected chi connectivity index (χ2v) is 7.78. The fourth-order valence-corrected chi connectivity index (χ4v) is 3.60. The minimum Gasteiger partial charge on any atom is -0.383 e. The smallest absolute Gasteiger partial charge is 0.232 e. The molecule has 1 amide bonds. The van der Waals surface area contributed by atoms with Crippen LogP contribution in [0, 0.1) is 5.92 Å². The first-order chi connectivity index (χ1) is 13.6. The third-order valence-electron chi connectivity index (χ3n) is 5.06. The van der Waals surface area contributed by atoms with Gasteiger partial charge in [-0.25, -0.2) is 0 Å². The molecule has 6 heteroatoms. The topological polar surface area (TPSA) is 58.8 Å². The van der Waals surface area contributed by atoms with E-state index < -0.39 is 0 Å². The van der Waals surface area contributed by atoms with Crippen molar-refractivity contribution in [3.05, 3.63) is 35.9 Å². The Morgan fingerprint density at radius 2 is 1.96 bits per heavy atom. The second-order valence-electron chi connectivity index (χ2n) is 7.78. The van der Waals surface area contributed by atoms with Gasteiger partial charge in [0.2, 0.25) is 11.8 Å². The summed E-state index contributed by atoms with van der Waals surface area (Å²) in [6.07, 6.45) is 2.83. The van der Waals surface area contributed by atoms with Gasteiger partial charge in [0.25, 0.3) is 0 Å². The minimum absolute atomic E-state index is 0.139. The molecular formula is C22H31N3O3. The van der Waals surface area contributed by atoms with Crippen LogP contribution in [-0.4, -0.2) is 49.3 Å². The molecule has 1 aromatic heterocycles. The van der Waals surface area contributed by atoms with Crippen LogP contribution in [0.2, 0.25) is 0 Å². The first-order valence-corrected chi connectivity index (χ1v) is 10.2. The fourth-order valence-electron chi connectivity index (χ4n) is 3.60. The number of carbonyl (C=O) groups excluding carboxylic acids is 1. The molecule has 1 fully saturated rings. The van der Waals surface area contributed by atoms with E-state index in [0.29, 0.717) is 32.0 Å². The number of nitrogens with zero attached hydrogens (tertiary/aromatic N) is 3. The van der Waals surface area contributed by atoms with Crippen LogP contribution in [-0.2, 0) is 16.1 Å². The number of ether oxygens (including phenoxy) is 1. The number of rotatable bonds is 9. The molecule has 3 rings (SSSR count). The number of aromatic nitrogens is 1. The number of carbonyl (C=O) groups is 1. The third-order valence-corrected chi connectivity index (χ3v) is 5.06. The van der Waals surface area contributed by atoms with E-state index in [1.807, 2.05) is 35.2 Å². The number of benzene rings is 1. The van der Waals surface area contributed by atoms with Gasteiger partial charge in [-0.05, 0) is 18.8 Å². The van der Waals surface area contributed by atoms with Crippen molar-refractivity contribution in [2.24, 2.45) is 5.92 Å². The number of amides is 1. The molecule has 2 heterocycles. The van der Waals surface area contributed by atoms with Crippen LogP contribution < -0.4 is 4.90 Å². The number of hydrogen-bond donors (Lipinski definition) is 0. The van der Waals surface area contributed by atoms with Crippen molar-refractivity contribution in [2.75, 3.05) is 38.3 Å². The molecule has 6 nitrogen and oxygen atoms in total. The molecule has 0 N–H and O–H groups in total. The molecule has 0 atom stereocenters. The highest BCUT2D eigenvalue weighted by molar-refractivity contribution is 5.77. The molecule has 0 bridgehead atoms. The van der Waals surface area contributed by atoms with Crippen LogP contribution in [0.15, 0.2) is 34.9 Å². The van der Waals surface area contributed by atoms with Crippen LogP contribution in [0.3, 0.4) is 0 Å². The van der Waals surface area contributed by atoms with Crippen molar-refractivity contribution in [3.8, 4) is 11.3 Å². The maximum Gasteiger partial charge on any atom is 0.232 e. The molecule has 2 aromatic rings. The lowest BCUT2D eigenvalue weighted by atomic mass is 10.1. The van der Waals surface area contributed by atoms with Crippen molar-refractivity contribution in [1.82, 2.24) is 10.1 Å². The first kappa shape index (κ1) is 20.4. The van der Waals surface area contributed by atoms with Crippen LogP contribution >= 0.6 is 0 Å². The summed E-state index contributed by atoms with van der Waals surface area (Å²) in [5, 5.41) is 4.40. The normalized spacial score (nSPS) is 14.1. The zero-order valence-corrected chi connectivity index (χ0v) is 17.2. The van der Waals surface area contributed by atoms with E-state index in [4.69, 9.17) is 9.26 Å². The summed E-state index contributed by atoms with van der Waals surface area (Å²) in [5.74, 6) is 1.25. The quantitative estimate of drug-likeness (QED) is 0.654. The van der Waals surface area contributed by atoms with E-state index in [1.165, 1.54) is 0 Å². The molecule has 152 valence electrons. The molecular weight excluding hydrogens is 354 g/mol. The Bertz CT molecular complexity index is 752. The van der Waals surface area contributed by atoms with Gasteiger partial charge in [0.15, 0.2) is 0 Å². The number of anilines is 1. The first-order valence-electron chi connectivity index (χ1n) is 10.2. The SMILES string of the molecule is COCCN(Cc1c(-c2ccccc2)noc1N1CCCC1)C(=O)CC(C)C. The highest BCUT2D eigenvalue weighted by Crippen LogP contribution is 2.34. The molecule has 0 aliphatic carbocycles. The number of methoxy groups -OCH3 is 1. The van der Waals surface area contributed by atoms with Gasteiger partial charge >= 0.3 is 0 Å². The summed E-state index contributed by atoms with van der Waals surface area (Å²) in [5.41, 5.74) is 2.82. The van der Waals surface area contributed by atoms with E-state index in [9.17, 15) is 4.79 Å². The molecule has 1 saturated heterocycles. The largest absolute Gasteiger partial charge is 0.383 e. The molecule has 1 aliphatic rings. The summed E-state index contributed by atoms with van der Waals surface area (Å²) >= 11 is 0. The van der Waals surface area contributed by atoms with Crippen molar-refractivity contribution in [1.29, 1.82) is 0 Å². The molecule has 28 heavy (non-hydrogen) atoms. The second kappa shape index (κ2) is 9.73. The van der Waals surface area contributed by atoms with Gasteiger partial charge in [0.1, 0.15) is 5.69 Å². The van der Waals surface area contributed by atoms with E-state index in [2.05, 4.69) is 23.9 Å². The lowest BCUT2D eigenvalue weighted by Crippen LogP contribution is -2.34. The highest BCUT2D eigenvalue weighted by atomic mass is 16.5. The predicted octanol–water partition coefficient (Wildman–Crippen LogP) is 3.96. The lowest BCUT2D eigenvalue weighted by molar-refractivity contribution is -0.133. The molecule has 1 aliphatic heterocycles. The van der Waals surface area contributed by atoms with Crippen LogP contribution in [0.25, 0.3) is 11.3 Å². The Morgan fingerprint density at radius 3 is 2.61 bits per heavy atom. The average molecular weight is 386 g/mol. The predicted molar refractivity (Wildman–Crippen MR) is 110 cm³/mol. The Balaban J connectivity index is 1.94. The van der Waals surface area contributed by atoms with Gasteiger partial charge in [-0.1, -0.05) is 49.3 Å². The summed E-state index contributed by atoms with van der Waals surface area (Å²) in [6.45, 7) is 7.61. The van der Waals surface area contributed by atoms with Crippen molar-refractivity contribution >= 4 is 11.8 Å². The summed E-state index contributed by atoms with van der Waals surface area (Å²) in [4.78, 5) is 17.0. The zero-order chi connectivity index (χ0) is 19.9. The number of hydrogen-bond acceptors (Lipinski definition) is 5. The van der Waals surface area contributed by atoms with Gasteiger partial charge in [-0.2, -0.15) is 0 Å². The lowest BCUT2D eigenvalue weighted by Gasteiger charge is -2.25. The van der Waals surface area contributed by atoms with Gasteiger partial charge in [0.05, 0.1) is 18.7 Å². The maximum absolute atomic E-state index is 12.9. The Kier molecular flexibility index (Phi) is 7.09. The zero-order valence-electron chi connectivity index (χ0n) is 17.2. The van der Waals surface area contributed by atoms with Crippen LogP contribution in [0.5, 0.6) is 0 Å². The molecule has 0 unspecified atom stereocenters. The van der Waals surface area contributed by atoms with E-state index in [-0.39, 0.29) is 5.91 Å². The maximum atomic E-state index is 12.9. The van der Waals surface area contributed by atoms with Gasteiger partial charge in [-0.3, -0.25) is 4.79 Å². The molecule has 1 aromatic carbocycles. The summed E-state index contributed by atoms with van der Waals surface area (Å²) in [7, 11) is 1.66. The van der Waals surface area contributed by atoms with Crippen LogP contribution in [0.1, 0.15) is 38.7 Å². The molecule has 0 saturated carbocycles. The Labute approximate surface area is 167 Å². The van der Waals surface area contributed by atoms with Gasteiger partial charge in [0, 0.05) is 38.7 Å². The van der Waals surface area contributed by atoms with Gasteiger partial charge in [-0.15, -0.1) is 0 Å². The monoisotopic (exact) mass is 385 g/mol. The average Bonchev–Trinajstić information content (AvgIpc) is 3.34. The minimum atomic E-state index is 0.139. The van der Waals surface area contributed by atoms with E-state index in [0.717, 1.165) is 48.6 Å². The van der Waals surface area contributed by atoms with E-state index >= 15 is 0 Å². The van der Waals surface area contributed by atoms with Crippen molar-refractivity contribution < 1.29 is 14.1 Å². The summed E-state index contributed by atoms with van der Waals surface area (Å²) < 4.78 is 11.1. The Morgan fingerprint density at radius 1 is 1.25 bits per heavy atom. The van der Waals surface area contributed by atoms with Crippen LogP contribution in [0.4, 0.5) is 5.88 Å². The highest BCUT2D eigenvalue weighted by Gasteiger charge is 2.27. The van der Waals surface area contributed by atoms with Crippen molar-refractivity contribution in [3.63, 3.8) is 0 Å². The van der Waals surface area contributed by atoms with E-state index in [1.54, 1.807) is 7.11 Å². The summed E-state index contributed by atoms with van der Waals surface area (Å²) in [6, 6.07) is 10.0. The fraction of sp³-hybridized carbons (Fsp3) is 0.545. The third kappa shape index (κ3) is 4.93. The molecule has 0 spiro atoms. The standard InChI is InChI=1S/C22H31N3O3/c1-17(2)15-20(26)25(13-14-27-3)16-19-21(18-9-5-4-6-10-18)23-28-22(19)24-11-7-8-12-24/h4-6,9-10,17H,7-8,11-16H2,1-3H3. The molecule has 0 radical (unpaired) electrons. The Hall–Kier alpha value is -2.34.